The predicted octanol–water partition coefficient (Wildman–Crippen LogP) is 2.75. The summed E-state index contributed by atoms with van der Waals surface area (Å²) in [4.78, 5) is 0. The molecule has 0 spiro atoms. The third-order valence-electron chi connectivity index (χ3n) is 1.50. The monoisotopic (exact) mass is 132 g/mol. The van der Waals surface area contributed by atoms with E-state index in [0.29, 0.717) is 6.42 Å². The Morgan fingerprint density at radius 1 is 1.22 bits per heavy atom. The molecule has 1 aliphatic carbocycles. The number of hydrogen-bond acceptors (Lipinski definition) is 0. The van der Waals surface area contributed by atoms with E-state index in [4.69, 9.17) is 0 Å². The average molecular weight is 132 g/mol. The van der Waals surface area contributed by atoms with Crippen LogP contribution >= 0.6 is 0 Å². The molecule has 0 aromatic heterocycles. The van der Waals surface area contributed by atoms with Crippen LogP contribution in [0.4, 0.5) is 8.78 Å². The standard InChI is InChI=1S/C7H10F2/c8-7(9)5-3-1-2-4-6-7/h1,3H,2,4-6H2. The van der Waals surface area contributed by atoms with Crippen LogP contribution in [0.3, 0.4) is 0 Å². The van der Waals surface area contributed by atoms with E-state index in [9.17, 15) is 8.78 Å². The lowest BCUT2D eigenvalue weighted by Gasteiger charge is -2.10. The van der Waals surface area contributed by atoms with Crippen molar-refractivity contribution in [2.45, 2.75) is 31.6 Å². The first kappa shape index (κ1) is 6.72. The van der Waals surface area contributed by atoms with Gasteiger partial charge in [-0.15, -0.1) is 0 Å². The summed E-state index contributed by atoms with van der Waals surface area (Å²) in [6.07, 6.45) is 4.85. The summed E-state index contributed by atoms with van der Waals surface area (Å²) < 4.78 is 24.8. The second-order valence-corrected chi connectivity index (χ2v) is 2.42. The molecule has 0 aromatic rings. The van der Waals surface area contributed by atoms with E-state index in [-0.39, 0.29) is 12.8 Å². The van der Waals surface area contributed by atoms with Gasteiger partial charge >= 0.3 is 0 Å². The molecule has 52 valence electrons. The van der Waals surface area contributed by atoms with Crippen molar-refractivity contribution in [2.75, 3.05) is 0 Å². The molecule has 0 aromatic carbocycles. The largest absolute Gasteiger partial charge is 0.251 e. The van der Waals surface area contributed by atoms with Crippen LogP contribution in [0.15, 0.2) is 12.2 Å². The maximum absolute atomic E-state index is 12.4. The minimum atomic E-state index is -2.42. The van der Waals surface area contributed by atoms with E-state index in [1.807, 2.05) is 6.08 Å². The van der Waals surface area contributed by atoms with Crippen LogP contribution in [0, 0.1) is 0 Å². The van der Waals surface area contributed by atoms with Gasteiger partial charge in [-0.1, -0.05) is 12.2 Å². The molecule has 0 saturated heterocycles. The van der Waals surface area contributed by atoms with Gasteiger partial charge in [0.2, 0.25) is 0 Å². The molecule has 0 bridgehead atoms. The molecular weight excluding hydrogens is 122 g/mol. The molecular formula is C7H10F2. The molecule has 0 fully saturated rings. The summed E-state index contributed by atoms with van der Waals surface area (Å²) in [5.41, 5.74) is 0. The van der Waals surface area contributed by atoms with Crippen LogP contribution in [0.2, 0.25) is 0 Å². The maximum atomic E-state index is 12.4. The summed E-state index contributed by atoms with van der Waals surface area (Å²) in [6.45, 7) is 0. The lowest BCUT2D eigenvalue weighted by Crippen LogP contribution is -2.12. The van der Waals surface area contributed by atoms with Gasteiger partial charge in [0.05, 0.1) is 0 Å². The van der Waals surface area contributed by atoms with Gasteiger partial charge in [0, 0.05) is 12.8 Å². The van der Waals surface area contributed by atoms with Gasteiger partial charge in [0.1, 0.15) is 0 Å². The van der Waals surface area contributed by atoms with Crippen molar-refractivity contribution in [3.8, 4) is 0 Å². The van der Waals surface area contributed by atoms with Crippen molar-refractivity contribution in [3.05, 3.63) is 12.2 Å². The zero-order chi connectivity index (χ0) is 6.74. The van der Waals surface area contributed by atoms with Gasteiger partial charge in [-0.2, -0.15) is 0 Å². The van der Waals surface area contributed by atoms with E-state index < -0.39 is 5.92 Å². The summed E-state index contributed by atoms with van der Waals surface area (Å²) in [5, 5.41) is 0. The average Bonchev–Trinajstić information content (AvgIpc) is 1.92. The summed E-state index contributed by atoms with van der Waals surface area (Å²) in [6, 6.07) is 0. The molecule has 0 atom stereocenters. The van der Waals surface area contributed by atoms with Crippen LogP contribution in [0.5, 0.6) is 0 Å². The first-order valence-electron chi connectivity index (χ1n) is 3.23. The third kappa shape index (κ3) is 2.12. The fourth-order valence-electron chi connectivity index (χ4n) is 0.954. The normalized spacial score (nSPS) is 25.6. The molecule has 0 saturated carbocycles. The number of allylic oxidation sites excluding steroid dienone is 2. The van der Waals surface area contributed by atoms with Gasteiger partial charge in [-0.05, 0) is 12.8 Å². The fourth-order valence-corrected chi connectivity index (χ4v) is 0.954. The summed E-state index contributed by atoms with van der Waals surface area (Å²) >= 11 is 0. The van der Waals surface area contributed by atoms with Crippen molar-refractivity contribution in [2.24, 2.45) is 0 Å². The van der Waals surface area contributed by atoms with Crippen LogP contribution in [-0.4, -0.2) is 5.92 Å². The van der Waals surface area contributed by atoms with E-state index in [2.05, 4.69) is 0 Å². The van der Waals surface area contributed by atoms with Crippen molar-refractivity contribution >= 4 is 0 Å². The van der Waals surface area contributed by atoms with Crippen molar-refractivity contribution in [3.63, 3.8) is 0 Å². The molecule has 0 N–H and O–H groups in total. The molecule has 0 radical (unpaired) electrons. The number of halogens is 2. The van der Waals surface area contributed by atoms with E-state index in [0.717, 1.165) is 6.42 Å². The zero-order valence-corrected chi connectivity index (χ0v) is 5.24. The van der Waals surface area contributed by atoms with E-state index >= 15 is 0 Å². The highest BCUT2D eigenvalue weighted by molar-refractivity contribution is 4.90. The van der Waals surface area contributed by atoms with Crippen LogP contribution in [-0.2, 0) is 0 Å². The smallest absolute Gasteiger partial charge is 0.207 e. The minimum Gasteiger partial charge on any atom is -0.207 e. The second-order valence-electron chi connectivity index (χ2n) is 2.42. The number of rotatable bonds is 0. The highest BCUT2D eigenvalue weighted by Gasteiger charge is 2.26. The Kier molecular flexibility index (Phi) is 1.84. The Hall–Kier alpha value is -0.400. The first-order valence-corrected chi connectivity index (χ1v) is 3.23. The predicted molar refractivity (Wildman–Crippen MR) is 32.6 cm³/mol. The SMILES string of the molecule is FC1(F)CC=CCCC1. The highest BCUT2D eigenvalue weighted by Crippen LogP contribution is 2.27. The summed E-state index contributed by atoms with van der Waals surface area (Å²) in [5.74, 6) is -2.42. The second kappa shape index (κ2) is 2.46. The Morgan fingerprint density at radius 2 is 2.00 bits per heavy atom. The van der Waals surface area contributed by atoms with Crippen LogP contribution in [0.25, 0.3) is 0 Å². The number of hydrogen-bond donors (Lipinski definition) is 0. The lowest BCUT2D eigenvalue weighted by molar-refractivity contribution is -0.00418. The maximum Gasteiger partial charge on any atom is 0.251 e. The van der Waals surface area contributed by atoms with Gasteiger partial charge in [-0.25, -0.2) is 8.78 Å². The van der Waals surface area contributed by atoms with E-state index in [1.54, 1.807) is 6.08 Å². The molecule has 0 unspecified atom stereocenters. The molecule has 0 amide bonds. The van der Waals surface area contributed by atoms with Gasteiger partial charge in [0.25, 0.3) is 5.92 Å². The molecule has 9 heavy (non-hydrogen) atoms. The zero-order valence-electron chi connectivity index (χ0n) is 5.24. The molecule has 0 aliphatic heterocycles. The van der Waals surface area contributed by atoms with Crippen LogP contribution < -0.4 is 0 Å². The van der Waals surface area contributed by atoms with Gasteiger partial charge < -0.3 is 0 Å². The molecule has 0 nitrogen and oxygen atoms in total. The Labute approximate surface area is 53.6 Å². The first-order chi connectivity index (χ1) is 4.21. The van der Waals surface area contributed by atoms with Gasteiger partial charge in [-0.3, -0.25) is 0 Å². The Morgan fingerprint density at radius 3 is 2.78 bits per heavy atom. The third-order valence-corrected chi connectivity index (χ3v) is 1.50. The quantitative estimate of drug-likeness (QED) is 0.444. The topological polar surface area (TPSA) is 0 Å². The van der Waals surface area contributed by atoms with Crippen LogP contribution in [0.1, 0.15) is 25.7 Å². The highest BCUT2D eigenvalue weighted by atomic mass is 19.3. The van der Waals surface area contributed by atoms with E-state index in [1.165, 1.54) is 0 Å². The Balaban J connectivity index is 2.48. The van der Waals surface area contributed by atoms with Gasteiger partial charge in [0.15, 0.2) is 0 Å². The Bertz CT molecular complexity index is 116. The molecule has 0 heterocycles. The van der Waals surface area contributed by atoms with Crippen molar-refractivity contribution in [1.82, 2.24) is 0 Å². The molecule has 1 aliphatic rings. The lowest BCUT2D eigenvalue weighted by atomic mass is 10.1. The minimum absolute atomic E-state index is 0.0556. The number of alkyl halides is 2. The van der Waals surface area contributed by atoms with Crippen molar-refractivity contribution < 1.29 is 8.78 Å². The summed E-state index contributed by atoms with van der Waals surface area (Å²) in [7, 11) is 0. The molecule has 2 heteroatoms. The molecule has 1 rings (SSSR count). The fraction of sp³-hybridized carbons (Fsp3) is 0.714. The van der Waals surface area contributed by atoms with Crippen molar-refractivity contribution in [1.29, 1.82) is 0 Å².